The van der Waals surface area contributed by atoms with Gasteiger partial charge >= 0.3 is 0 Å². The summed E-state index contributed by atoms with van der Waals surface area (Å²) in [5, 5.41) is 16.7. The lowest BCUT2D eigenvalue weighted by Gasteiger charge is -2.12. The van der Waals surface area contributed by atoms with Gasteiger partial charge < -0.3 is 9.88 Å². The van der Waals surface area contributed by atoms with Crippen molar-refractivity contribution in [3.8, 4) is 0 Å². The normalized spacial score (nSPS) is 15.2. The molecule has 1 atom stereocenters. The smallest absolute Gasteiger partial charge is 0.253 e. The van der Waals surface area contributed by atoms with Crippen LogP contribution in [0.2, 0.25) is 0 Å². The SMILES string of the molecule is C=CCn1c(CNc2ccccc2)nnc1S[C@@H](C)C(=O)NN=C1CCCCCC1. The largest absolute Gasteiger partial charge is 0.378 e. The van der Waals surface area contributed by atoms with Crippen LogP contribution in [-0.2, 0) is 17.9 Å². The molecule has 1 heterocycles. The Balaban J connectivity index is 1.60. The zero-order valence-corrected chi connectivity index (χ0v) is 18.3. The van der Waals surface area contributed by atoms with E-state index in [-0.39, 0.29) is 11.2 Å². The van der Waals surface area contributed by atoms with Gasteiger partial charge in [-0.05, 0) is 44.7 Å². The van der Waals surface area contributed by atoms with Crippen molar-refractivity contribution in [2.24, 2.45) is 5.10 Å². The minimum atomic E-state index is -0.331. The molecule has 1 aliphatic rings. The van der Waals surface area contributed by atoms with Crippen molar-refractivity contribution in [1.82, 2.24) is 20.2 Å². The molecule has 2 aromatic rings. The number of rotatable bonds is 9. The number of hydrazone groups is 1. The van der Waals surface area contributed by atoms with Crippen molar-refractivity contribution < 1.29 is 4.79 Å². The Labute approximate surface area is 182 Å². The Kier molecular flexibility index (Phi) is 8.50. The van der Waals surface area contributed by atoms with Crippen molar-refractivity contribution in [2.45, 2.75) is 68.9 Å². The van der Waals surface area contributed by atoms with E-state index in [4.69, 9.17) is 0 Å². The third-order valence-electron chi connectivity index (χ3n) is 4.99. The number of anilines is 1. The topological polar surface area (TPSA) is 84.2 Å². The fraction of sp³-hybridized carbons (Fsp3) is 0.455. The first-order valence-electron chi connectivity index (χ1n) is 10.5. The van der Waals surface area contributed by atoms with E-state index < -0.39 is 0 Å². The molecule has 0 spiro atoms. The molecule has 0 bridgehead atoms. The van der Waals surface area contributed by atoms with E-state index in [9.17, 15) is 4.79 Å². The number of aromatic nitrogens is 3. The molecule has 7 nitrogen and oxygen atoms in total. The lowest BCUT2D eigenvalue weighted by atomic mass is 10.2. The highest BCUT2D eigenvalue weighted by Gasteiger charge is 2.20. The van der Waals surface area contributed by atoms with Crippen LogP contribution in [0.1, 0.15) is 51.3 Å². The maximum Gasteiger partial charge on any atom is 0.253 e. The van der Waals surface area contributed by atoms with Crippen LogP contribution in [0.25, 0.3) is 0 Å². The number of nitrogens with zero attached hydrogens (tertiary/aromatic N) is 4. The van der Waals surface area contributed by atoms with Gasteiger partial charge in [-0.15, -0.1) is 16.8 Å². The minimum Gasteiger partial charge on any atom is -0.378 e. The third-order valence-corrected chi connectivity index (χ3v) is 6.07. The van der Waals surface area contributed by atoms with Crippen LogP contribution >= 0.6 is 11.8 Å². The van der Waals surface area contributed by atoms with Crippen LogP contribution in [0.5, 0.6) is 0 Å². The van der Waals surface area contributed by atoms with E-state index in [1.54, 1.807) is 0 Å². The number of carbonyl (C=O) groups excluding carboxylic acids is 1. The van der Waals surface area contributed by atoms with Gasteiger partial charge in [0.15, 0.2) is 11.0 Å². The molecular formula is C22H30N6OS. The van der Waals surface area contributed by atoms with Crippen molar-refractivity contribution in [3.05, 3.63) is 48.8 Å². The van der Waals surface area contributed by atoms with Gasteiger partial charge in [-0.25, -0.2) is 5.43 Å². The lowest BCUT2D eigenvalue weighted by Crippen LogP contribution is -2.28. The van der Waals surface area contributed by atoms with E-state index in [1.165, 1.54) is 24.6 Å². The second-order valence-corrected chi connectivity index (χ2v) is 8.65. The monoisotopic (exact) mass is 426 g/mol. The number of thioether (sulfide) groups is 1. The van der Waals surface area contributed by atoms with Crippen molar-refractivity contribution >= 4 is 29.1 Å². The molecule has 1 saturated carbocycles. The molecule has 8 heteroatoms. The molecule has 1 amide bonds. The standard InChI is InChI=1S/C22H30N6OS/c1-3-15-28-20(16-23-18-11-9-6-10-12-18)25-27-22(28)30-17(2)21(29)26-24-19-13-7-4-5-8-14-19/h3,6,9-12,17,23H,1,4-5,7-8,13-16H2,2H3,(H,26,29)/t17-/m0/s1. The Bertz CT molecular complexity index is 854. The Morgan fingerprint density at radius 3 is 2.67 bits per heavy atom. The number of benzene rings is 1. The quantitative estimate of drug-likeness (QED) is 0.269. The molecule has 1 aliphatic carbocycles. The molecule has 0 saturated heterocycles. The van der Waals surface area contributed by atoms with Crippen LogP contribution in [0, 0.1) is 0 Å². The fourth-order valence-electron chi connectivity index (χ4n) is 3.27. The molecule has 2 N–H and O–H groups in total. The summed E-state index contributed by atoms with van der Waals surface area (Å²) in [6.07, 6.45) is 8.58. The predicted octanol–water partition coefficient (Wildman–Crippen LogP) is 4.38. The van der Waals surface area contributed by atoms with E-state index in [0.717, 1.165) is 42.9 Å². The zero-order valence-electron chi connectivity index (χ0n) is 17.5. The number of hydrogen-bond donors (Lipinski definition) is 2. The van der Waals surface area contributed by atoms with E-state index in [0.29, 0.717) is 18.2 Å². The summed E-state index contributed by atoms with van der Waals surface area (Å²) in [6, 6.07) is 9.96. The van der Waals surface area contributed by atoms with Gasteiger partial charge in [0, 0.05) is 17.9 Å². The summed E-state index contributed by atoms with van der Waals surface area (Å²) in [5.74, 6) is 0.682. The number of hydrogen-bond acceptors (Lipinski definition) is 6. The van der Waals surface area contributed by atoms with Gasteiger partial charge in [0.2, 0.25) is 0 Å². The van der Waals surface area contributed by atoms with Crippen LogP contribution in [0.15, 0.2) is 53.2 Å². The van der Waals surface area contributed by atoms with Crippen molar-refractivity contribution in [2.75, 3.05) is 5.32 Å². The second-order valence-electron chi connectivity index (χ2n) is 7.35. The summed E-state index contributed by atoms with van der Waals surface area (Å²) in [4.78, 5) is 12.5. The van der Waals surface area contributed by atoms with Gasteiger partial charge in [-0.1, -0.05) is 48.9 Å². The minimum absolute atomic E-state index is 0.117. The molecular weight excluding hydrogens is 396 g/mol. The van der Waals surface area contributed by atoms with E-state index >= 15 is 0 Å². The van der Waals surface area contributed by atoms with Gasteiger partial charge in [-0.3, -0.25) is 4.79 Å². The van der Waals surface area contributed by atoms with E-state index in [2.05, 4.69) is 32.6 Å². The highest BCUT2D eigenvalue weighted by Crippen LogP contribution is 2.23. The molecule has 0 aliphatic heterocycles. The van der Waals surface area contributed by atoms with Crippen molar-refractivity contribution in [3.63, 3.8) is 0 Å². The molecule has 30 heavy (non-hydrogen) atoms. The van der Waals surface area contributed by atoms with Gasteiger partial charge in [0.1, 0.15) is 0 Å². The zero-order chi connectivity index (χ0) is 21.2. The number of carbonyl (C=O) groups is 1. The molecule has 3 rings (SSSR count). The van der Waals surface area contributed by atoms with Crippen LogP contribution in [0.4, 0.5) is 5.69 Å². The maximum absolute atomic E-state index is 12.5. The summed E-state index contributed by atoms with van der Waals surface area (Å²) >= 11 is 1.38. The Morgan fingerprint density at radius 1 is 1.23 bits per heavy atom. The highest BCUT2D eigenvalue weighted by molar-refractivity contribution is 8.00. The van der Waals surface area contributed by atoms with Gasteiger partial charge in [0.05, 0.1) is 11.8 Å². The summed E-state index contributed by atoms with van der Waals surface area (Å²) in [5.41, 5.74) is 4.86. The third kappa shape index (κ3) is 6.45. The number of nitrogens with one attached hydrogen (secondary N) is 2. The first kappa shape index (κ1) is 22.1. The number of para-hydroxylation sites is 1. The van der Waals surface area contributed by atoms with Crippen LogP contribution in [0.3, 0.4) is 0 Å². The molecule has 1 aromatic heterocycles. The van der Waals surface area contributed by atoms with Crippen LogP contribution < -0.4 is 10.7 Å². The molecule has 160 valence electrons. The van der Waals surface area contributed by atoms with E-state index in [1.807, 2.05) is 47.9 Å². The first-order chi connectivity index (χ1) is 14.7. The molecule has 1 fully saturated rings. The highest BCUT2D eigenvalue weighted by atomic mass is 32.2. The van der Waals surface area contributed by atoms with Crippen LogP contribution in [-0.4, -0.2) is 31.6 Å². The molecule has 0 radical (unpaired) electrons. The van der Waals surface area contributed by atoms with Gasteiger partial charge in [-0.2, -0.15) is 5.10 Å². The molecule has 0 unspecified atom stereocenters. The number of amides is 1. The summed E-state index contributed by atoms with van der Waals surface area (Å²) in [7, 11) is 0. The average molecular weight is 427 g/mol. The molecule has 1 aromatic carbocycles. The Morgan fingerprint density at radius 2 is 1.97 bits per heavy atom. The maximum atomic E-state index is 12.5. The fourth-order valence-corrected chi connectivity index (χ4v) is 4.14. The first-order valence-corrected chi connectivity index (χ1v) is 11.4. The lowest BCUT2D eigenvalue weighted by molar-refractivity contribution is -0.120. The van der Waals surface area contributed by atoms with Gasteiger partial charge in [0.25, 0.3) is 5.91 Å². The Hall–Kier alpha value is -2.61. The van der Waals surface area contributed by atoms with Crippen molar-refractivity contribution in [1.29, 1.82) is 0 Å². The summed E-state index contributed by atoms with van der Waals surface area (Å²) < 4.78 is 1.98. The average Bonchev–Trinajstić information content (AvgIpc) is 2.96. The predicted molar refractivity (Wildman–Crippen MR) is 123 cm³/mol. The second kappa shape index (κ2) is 11.5. The number of allylic oxidation sites excluding steroid dienone is 1. The summed E-state index contributed by atoms with van der Waals surface area (Å²) in [6.45, 7) is 6.82.